The number of halogens is 1. The highest BCUT2D eigenvalue weighted by Gasteiger charge is 2.47. The molecule has 0 N–H and O–H groups in total. The van der Waals surface area contributed by atoms with Gasteiger partial charge in [-0.1, -0.05) is 62.4 Å². The Hall–Kier alpha value is -4.55. The lowest BCUT2D eigenvalue weighted by Crippen LogP contribution is -2.37. The molecule has 2 aliphatic carbocycles. The molecule has 5 nitrogen and oxygen atoms in total. The van der Waals surface area contributed by atoms with Crippen LogP contribution in [0.4, 0.5) is 10.1 Å². The van der Waals surface area contributed by atoms with Gasteiger partial charge in [0, 0.05) is 47.1 Å². The van der Waals surface area contributed by atoms with Crippen LogP contribution in [0.25, 0.3) is 28.0 Å². The lowest BCUT2D eigenvalue weighted by molar-refractivity contribution is 0.122. The third-order valence-corrected chi connectivity index (χ3v) is 11.2. The van der Waals surface area contributed by atoms with Crippen molar-refractivity contribution in [3.63, 3.8) is 0 Å². The van der Waals surface area contributed by atoms with Gasteiger partial charge in [0.2, 0.25) is 0 Å². The number of fused-ring (bicyclic) bond motifs is 8. The van der Waals surface area contributed by atoms with Crippen LogP contribution in [0, 0.1) is 0 Å². The zero-order valence-electron chi connectivity index (χ0n) is 28.2. The van der Waals surface area contributed by atoms with E-state index in [1.807, 2.05) is 6.08 Å². The summed E-state index contributed by atoms with van der Waals surface area (Å²) >= 11 is 0. The van der Waals surface area contributed by atoms with Crippen LogP contribution >= 0.6 is 0 Å². The number of hydrogen-bond donors (Lipinski definition) is 0. The third-order valence-electron chi connectivity index (χ3n) is 11.2. The summed E-state index contributed by atoms with van der Waals surface area (Å²) in [7, 11) is 3.36. The maximum atomic E-state index is 14.5. The second kappa shape index (κ2) is 11.9. The molecule has 4 aromatic rings. The molecule has 0 radical (unpaired) electrons. The van der Waals surface area contributed by atoms with Gasteiger partial charge >= 0.3 is 0 Å². The first-order valence-corrected chi connectivity index (χ1v) is 17.2. The number of hydrogen-bond acceptors (Lipinski definition) is 5. The minimum Gasteiger partial charge on any atom is -0.493 e. The fourth-order valence-electron chi connectivity index (χ4n) is 8.66. The predicted octanol–water partition coefficient (Wildman–Crippen LogP) is 9.65. The smallest absolute Gasteiger partial charge is 0.174 e. The number of benzene rings is 4. The molecular formula is C42H42FNO4. The van der Waals surface area contributed by atoms with E-state index in [-0.39, 0.29) is 11.2 Å². The van der Waals surface area contributed by atoms with Crippen molar-refractivity contribution in [3.8, 4) is 28.4 Å². The molecule has 1 unspecified atom stereocenters. The zero-order valence-corrected chi connectivity index (χ0v) is 28.2. The number of anilines is 1. The van der Waals surface area contributed by atoms with Crippen molar-refractivity contribution in [3.05, 3.63) is 113 Å². The molecule has 4 aliphatic rings. The molecule has 6 heteroatoms. The van der Waals surface area contributed by atoms with Crippen molar-refractivity contribution in [1.29, 1.82) is 0 Å². The summed E-state index contributed by atoms with van der Waals surface area (Å²) < 4.78 is 39.3. The quantitative estimate of drug-likeness (QED) is 0.201. The summed E-state index contributed by atoms with van der Waals surface area (Å²) in [6.45, 7) is 7.77. The van der Waals surface area contributed by atoms with Crippen LogP contribution in [0.15, 0.2) is 90.3 Å². The Morgan fingerprint density at radius 1 is 0.854 bits per heavy atom. The molecule has 246 valence electrons. The topological polar surface area (TPSA) is 40.2 Å². The Bertz CT molecular complexity index is 2000. The first-order chi connectivity index (χ1) is 23.5. The van der Waals surface area contributed by atoms with Crippen LogP contribution < -0.4 is 19.1 Å². The molecule has 0 spiro atoms. The molecule has 1 fully saturated rings. The largest absolute Gasteiger partial charge is 0.493 e. The lowest BCUT2D eigenvalue weighted by Gasteiger charge is -2.41. The van der Waals surface area contributed by atoms with Gasteiger partial charge in [-0.2, -0.15) is 0 Å². The second-order valence-electron chi connectivity index (χ2n) is 13.2. The Morgan fingerprint density at radius 3 is 2.23 bits per heavy atom. The van der Waals surface area contributed by atoms with Gasteiger partial charge in [-0.3, -0.25) is 0 Å². The third kappa shape index (κ3) is 4.45. The molecule has 0 aromatic heterocycles. The van der Waals surface area contributed by atoms with Gasteiger partial charge in [0.05, 0.1) is 27.4 Å². The van der Waals surface area contributed by atoms with Crippen molar-refractivity contribution in [2.45, 2.75) is 50.5 Å². The molecule has 0 saturated carbocycles. The Kier molecular flexibility index (Phi) is 7.59. The zero-order chi connectivity index (χ0) is 33.0. The van der Waals surface area contributed by atoms with E-state index in [9.17, 15) is 4.39 Å². The molecule has 1 saturated heterocycles. The molecule has 1 atom stereocenters. The SMILES string of the molecule is CCC1(CC)c2ccccc2-c2c1c1c(c3cc(OC)c(OC)cc23)OC(C2=CC=C(F)CC2)(c2ccc(N3CCOCC3)cc2)C=C1. The molecule has 2 heterocycles. The Morgan fingerprint density at radius 2 is 1.56 bits per heavy atom. The van der Waals surface area contributed by atoms with E-state index in [2.05, 4.69) is 91.6 Å². The summed E-state index contributed by atoms with van der Waals surface area (Å²) in [4.78, 5) is 2.36. The van der Waals surface area contributed by atoms with Crippen LogP contribution in [0.3, 0.4) is 0 Å². The average Bonchev–Trinajstić information content (AvgIpc) is 3.45. The van der Waals surface area contributed by atoms with E-state index < -0.39 is 5.60 Å². The summed E-state index contributed by atoms with van der Waals surface area (Å²) in [6.07, 6.45) is 10.8. The normalized spacial score (nSPS) is 20.7. The summed E-state index contributed by atoms with van der Waals surface area (Å²) in [5.74, 6) is 2.04. The van der Waals surface area contributed by atoms with Gasteiger partial charge in [0.1, 0.15) is 11.6 Å². The summed E-state index contributed by atoms with van der Waals surface area (Å²) in [5.41, 5.74) is 8.36. The van der Waals surface area contributed by atoms with Gasteiger partial charge in [0.25, 0.3) is 0 Å². The highest BCUT2D eigenvalue weighted by molar-refractivity contribution is 6.09. The van der Waals surface area contributed by atoms with E-state index in [0.717, 1.165) is 78.1 Å². The van der Waals surface area contributed by atoms with Crippen molar-refractivity contribution < 1.29 is 23.3 Å². The predicted molar refractivity (Wildman–Crippen MR) is 191 cm³/mol. The molecule has 4 aromatic carbocycles. The number of rotatable bonds is 7. The minimum absolute atomic E-state index is 0.106. The number of nitrogens with zero attached hydrogens (tertiary/aromatic N) is 1. The lowest BCUT2D eigenvalue weighted by atomic mass is 9.71. The first kappa shape index (κ1) is 30.8. The molecular weight excluding hydrogens is 601 g/mol. The van der Waals surface area contributed by atoms with Crippen LogP contribution in [-0.2, 0) is 15.8 Å². The molecule has 2 aliphatic heterocycles. The molecule has 0 bridgehead atoms. The van der Waals surface area contributed by atoms with E-state index in [4.69, 9.17) is 18.9 Å². The number of methoxy groups -OCH3 is 2. The van der Waals surface area contributed by atoms with Crippen LogP contribution in [0.5, 0.6) is 17.2 Å². The van der Waals surface area contributed by atoms with E-state index in [0.29, 0.717) is 24.3 Å². The average molecular weight is 644 g/mol. The number of morpholine rings is 1. The van der Waals surface area contributed by atoms with Crippen molar-refractivity contribution >= 4 is 22.5 Å². The summed E-state index contributed by atoms with van der Waals surface area (Å²) in [6, 6.07) is 21.7. The van der Waals surface area contributed by atoms with Crippen molar-refractivity contribution in [1.82, 2.24) is 0 Å². The minimum atomic E-state index is -0.922. The van der Waals surface area contributed by atoms with Crippen molar-refractivity contribution in [2.75, 3.05) is 45.4 Å². The van der Waals surface area contributed by atoms with Gasteiger partial charge in [-0.05, 0) is 88.9 Å². The Labute approximate surface area is 282 Å². The highest BCUT2D eigenvalue weighted by atomic mass is 19.1. The summed E-state index contributed by atoms with van der Waals surface area (Å²) in [5, 5.41) is 2.05. The van der Waals surface area contributed by atoms with Crippen LogP contribution in [0.1, 0.15) is 61.8 Å². The van der Waals surface area contributed by atoms with E-state index >= 15 is 0 Å². The van der Waals surface area contributed by atoms with Crippen LogP contribution in [-0.4, -0.2) is 40.5 Å². The van der Waals surface area contributed by atoms with Gasteiger partial charge in [0.15, 0.2) is 17.1 Å². The standard InChI is InChI=1S/C42H42FNO4/c1-5-41(6-2)35-10-8-7-9-31(35)38-33-25-36(45-3)37(46-4)26-34(33)40-32(39(38)41)19-20-42(48-40,27-11-15-29(43)16-12-27)28-13-17-30(18-14-28)44-21-23-47-24-22-44/h7-11,13-15,17-20,25-26H,5-6,12,16,21-24H2,1-4H3. The molecule has 48 heavy (non-hydrogen) atoms. The number of allylic oxidation sites excluding steroid dienone is 3. The van der Waals surface area contributed by atoms with Gasteiger partial charge < -0.3 is 23.8 Å². The van der Waals surface area contributed by atoms with Crippen LogP contribution in [0.2, 0.25) is 0 Å². The maximum absolute atomic E-state index is 14.5. The fourth-order valence-corrected chi connectivity index (χ4v) is 8.66. The van der Waals surface area contributed by atoms with Gasteiger partial charge in [-0.25, -0.2) is 4.39 Å². The Balaban J connectivity index is 1.40. The second-order valence-corrected chi connectivity index (χ2v) is 13.2. The highest BCUT2D eigenvalue weighted by Crippen LogP contribution is 2.61. The van der Waals surface area contributed by atoms with Gasteiger partial charge in [-0.15, -0.1) is 0 Å². The maximum Gasteiger partial charge on any atom is 0.174 e. The van der Waals surface area contributed by atoms with E-state index in [1.165, 1.54) is 22.3 Å². The monoisotopic (exact) mass is 643 g/mol. The fraction of sp³-hybridized carbons (Fsp3) is 0.333. The van der Waals surface area contributed by atoms with Crippen molar-refractivity contribution in [2.24, 2.45) is 0 Å². The number of ether oxygens (including phenoxy) is 4. The first-order valence-electron chi connectivity index (χ1n) is 17.2. The molecule has 0 amide bonds. The van der Waals surface area contributed by atoms with E-state index in [1.54, 1.807) is 20.3 Å². The molecule has 8 rings (SSSR count).